The van der Waals surface area contributed by atoms with Crippen molar-refractivity contribution in [2.45, 2.75) is 91.1 Å². The van der Waals surface area contributed by atoms with Gasteiger partial charge in [-0.1, -0.05) is 76.3 Å². The normalized spacial score (nSPS) is 19.5. The number of ketones is 1. The van der Waals surface area contributed by atoms with Gasteiger partial charge in [0, 0.05) is 35.1 Å². The van der Waals surface area contributed by atoms with Gasteiger partial charge in [-0.25, -0.2) is 4.79 Å². The number of H-pyrrole nitrogens is 1. The number of carbonyl (C=O) groups excluding carboxylic acids is 1. The molecule has 0 spiro atoms. The Hall–Kier alpha value is -3.88. The average Bonchev–Trinajstić information content (AvgIpc) is 3.61. The zero-order valence-electron chi connectivity index (χ0n) is 24.4. The summed E-state index contributed by atoms with van der Waals surface area (Å²) in [6, 6.07) is 11.8. The van der Waals surface area contributed by atoms with Crippen molar-refractivity contribution in [3.05, 3.63) is 70.7 Å². The standard InChI is InChI=1S/C32H41N7O2/c1-4-6-13-26-21-39(30-23(5-2)12-8-7-9-14-27(30)22(3)40)32(41)38(26)20-25-18-17-24(19-33-25)28-15-10-11-16-29(28)31-34-36-37-35-31/h10-11,15-19,21,23,27,30H,4-9,12-14,20H2,1-3H3,(H,34,35,36,37). The molecular formula is C32H41N7O2. The predicted octanol–water partition coefficient (Wildman–Crippen LogP) is 6.02. The van der Waals surface area contributed by atoms with Crippen LogP contribution in [0.4, 0.5) is 0 Å². The SMILES string of the molecule is CCCCc1cn(C2C(CC)CCCCCC2C(C)=O)c(=O)n1Cc1ccc(-c2ccccc2-c2nn[nH]n2)cn1. The van der Waals surface area contributed by atoms with Crippen LogP contribution >= 0.6 is 0 Å². The molecule has 3 heterocycles. The van der Waals surface area contributed by atoms with Gasteiger partial charge in [0.15, 0.2) is 0 Å². The summed E-state index contributed by atoms with van der Waals surface area (Å²) in [7, 11) is 0. The third-order valence-corrected chi connectivity index (χ3v) is 8.70. The fourth-order valence-electron chi connectivity index (χ4n) is 6.46. The van der Waals surface area contributed by atoms with Crippen molar-refractivity contribution < 1.29 is 4.79 Å². The molecule has 3 atom stereocenters. The Balaban J connectivity index is 1.49. The highest BCUT2D eigenvalue weighted by Gasteiger charge is 2.35. The topological polar surface area (TPSA) is 111 Å². The molecule has 0 saturated heterocycles. The lowest BCUT2D eigenvalue weighted by Gasteiger charge is -2.34. The number of aromatic nitrogens is 7. The lowest BCUT2D eigenvalue weighted by molar-refractivity contribution is -0.123. The minimum absolute atomic E-state index is 0.0281. The van der Waals surface area contributed by atoms with E-state index in [1.807, 2.05) is 51.7 Å². The second-order valence-corrected chi connectivity index (χ2v) is 11.3. The van der Waals surface area contributed by atoms with E-state index in [0.29, 0.717) is 18.3 Å². The lowest BCUT2D eigenvalue weighted by Crippen LogP contribution is -2.38. The Morgan fingerprint density at radius 2 is 1.85 bits per heavy atom. The number of carbonyl (C=O) groups is 1. The number of pyridine rings is 1. The highest BCUT2D eigenvalue weighted by Crippen LogP contribution is 2.38. The molecule has 0 amide bonds. The second kappa shape index (κ2) is 13.2. The summed E-state index contributed by atoms with van der Waals surface area (Å²) in [6.45, 7) is 6.46. The van der Waals surface area contributed by atoms with Crippen molar-refractivity contribution in [3.8, 4) is 22.5 Å². The molecular weight excluding hydrogens is 514 g/mol. The molecule has 9 heteroatoms. The number of aryl methyl sites for hydroxylation is 1. The van der Waals surface area contributed by atoms with Crippen LogP contribution in [0.2, 0.25) is 0 Å². The van der Waals surface area contributed by atoms with Crippen molar-refractivity contribution in [1.29, 1.82) is 0 Å². The van der Waals surface area contributed by atoms with E-state index >= 15 is 0 Å². The summed E-state index contributed by atoms with van der Waals surface area (Å²) in [5.74, 6) is 0.919. The molecule has 9 nitrogen and oxygen atoms in total. The molecule has 0 bridgehead atoms. The lowest BCUT2D eigenvalue weighted by atomic mass is 9.77. The van der Waals surface area contributed by atoms with Gasteiger partial charge in [0.25, 0.3) is 0 Å². The van der Waals surface area contributed by atoms with E-state index in [4.69, 9.17) is 4.98 Å². The van der Waals surface area contributed by atoms with Gasteiger partial charge in [0.1, 0.15) is 5.78 Å². The van der Waals surface area contributed by atoms with Crippen molar-refractivity contribution >= 4 is 5.78 Å². The van der Waals surface area contributed by atoms with Crippen LogP contribution in [0.3, 0.4) is 0 Å². The highest BCUT2D eigenvalue weighted by atomic mass is 16.2. The fraction of sp³-hybridized carbons (Fsp3) is 0.500. The molecule has 3 unspecified atom stereocenters. The third-order valence-electron chi connectivity index (χ3n) is 8.70. The highest BCUT2D eigenvalue weighted by molar-refractivity contribution is 5.80. The van der Waals surface area contributed by atoms with Crippen LogP contribution in [0, 0.1) is 11.8 Å². The Morgan fingerprint density at radius 3 is 2.54 bits per heavy atom. The van der Waals surface area contributed by atoms with Gasteiger partial charge < -0.3 is 0 Å². The van der Waals surface area contributed by atoms with Crippen molar-refractivity contribution in [3.63, 3.8) is 0 Å². The van der Waals surface area contributed by atoms with Crippen molar-refractivity contribution in [2.24, 2.45) is 11.8 Å². The van der Waals surface area contributed by atoms with Crippen LogP contribution in [0.1, 0.15) is 89.6 Å². The molecule has 1 fully saturated rings. The summed E-state index contributed by atoms with van der Waals surface area (Å²) in [4.78, 5) is 31.8. The quantitative estimate of drug-likeness (QED) is 0.256. The van der Waals surface area contributed by atoms with E-state index in [9.17, 15) is 9.59 Å². The molecule has 1 N–H and O–H groups in total. The fourth-order valence-corrected chi connectivity index (χ4v) is 6.46. The Bertz CT molecular complexity index is 1490. The number of rotatable bonds is 10. The van der Waals surface area contributed by atoms with Gasteiger partial charge in [-0.3, -0.25) is 18.9 Å². The molecule has 5 rings (SSSR count). The first kappa shape index (κ1) is 28.6. The Kier molecular flexibility index (Phi) is 9.21. The van der Waals surface area contributed by atoms with E-state index in [1.165, 1.54) is 0 Å². The number of aromatic amines is 1. The summed E-state index contributed by atoms with van der Waals surface area (Å²) < 4.78 is 3.81. The van der Waals surface area contributed by atoms with Gasteiger partial charge in [0.05, 0.1) is 18.3 Å². The van der Waals surface area contributed by atoms with Crippen LogP contribution in [-0.2, 0) is 17.8 Å². The summed E-state index contributed by atoms with van der Waals surface area (Å²) in [6.07, 6.45) is 13.0. The molecule has 1 aliphatic rings. The minimum Gasteiger partial charge on any atom is -0.300 e. The largest absolute Gasteiger partial charge is 0.328 e. The van der Waals surface area contributed by atoms with Crippen LogP contribution in [0.25, 0.3) is 22.5 Å². The number of hydrogen-bond donors (Lipinski definition) is 1. The molecule has 0 aliphatic heterocycles. The Labute approximate surface area is 241 Å². The van der Waals surface area contributed by atoms with Crippen molar-refractivity contribution in [2.75, 3.05) is 0 Å². The number of unbranched alkanes of at least 4 members (excludes halogenated alkanes) is 1. The molecule has 41 heavy (non-hydrogen) atoms. The number of hydrogen-bond acceptors (Lipinski definition) is 6. The monoisotopic (exact) mass is 555 g/mol. The molecule has 3 aromatic heterocycles. The smallest absolute Gasteiger partial charge is 0.300 e. The summed E-state index contributed by atoms with van der Waals surface area (Å²) >= 11 is 0. The number of tetrazole rings is 1. The number of benzene rings is 1. The number of imidazole rings is 1. The zero-order chi connectivity index (χ0) is 28.8. The van der Waals surface area contributed by atoms with Gasteiger partial charge >= 0.3 is 5.69 Å². The molecule has 216 valence electrons. The molecule has 1 aliphatic carbocycles. The molecule has 1 saturated carbocycles. The Morgan fingerprint density at radius 1 is 1.05 bits per heavy atom. The first-order valence-corrected chi connectivity index (χ1v) is 15.1. The van der Waals surface area contributed by atoms with Gasteiger partial charge in [-0.15, -0.1) is 10.2 Å². The third kappa shape index (κ3) is 6.24. The number of nitrogens with one attached hydrogen (secondary N) is 1. The average molecular weight is 556 g/mol. The maximum Gasteiger partial charge on any atom is 0.328 e. The van der Waals surface area contributed by atoms with Crippen LogP contribution in [-0.4, -0.2) is 40.5 Å². The summed E-state index contributed by atoms with van der Waals surface area (Å²) in [5.41, 5.74) is 4.58. The van der Waals surface area contributed by atoms with Crippen molar-refractivity contribution in [1.82, 2.24) is 34.7 Å². The van der Waals surface area contributed by atoms with E-state index in [2.05, 4.69) is 40.7 Å². The van der Waals surface area contributed by atoms with E-state index in [1.54, 1.807) is 6.92 Å². The second-order valence-electron chi connectivity index (χ2n) is 11.3. The van der Waals surface area contributed by atoms with Gasteiger partial charge in [0.2, 0.25) is 5.82 Å². The first-order valence-electron chi connectivity index (χ1n) is 15.1. The predicted molar refractivity (Wildman–Crippen MR) is 159 cm³/mol. The van der Waals surface area contributed by atoms with Crippen LogP contribution in [0.5, 0.6) is 0 Å². The van der Waals surface area contributed by atoms with Gasteiger partial charge in [-0.05, 0) is 55.4 Å². The maximum atomic E-state index is 14.1. The van der Waals surface area contributed by atoms with E-state index in [0.717, 1.165) is 85.9 Å². The molecule has 1 aromatic carbocycles. The number of nitrogens with zero attached hydrogens (tertiary/aromatic N) is 6. The minimum atomic E-state index is -0.121. The first-order chi connectivity index (χ1) is 20.0. The van der Waals surface area contributed by atoms with Gasteiger partial charge in [-0.2, -0.15) is 5.21 Å². The maximum absolute atomic E-state index is 14.1. The van der Waals surface area contributed by atoms with Crippen LogP contribution in [0.15, 0.2) is 53.6 Å². The van der Waals surface area contributed by atoms with E-state index < -0.39 is 0 Å². The van der Waals surface area contributed by atoms with E-state index in [-0.39, 0.29) is 23.4 Å². The molecule has 4 aromatic rings. The van der Waals surface area contributed by atoms with Crippen LogP contribution < -0.4 is 5.69 Å². The summed E-state index contributed by atoms with van der Waals surface area (Å²) in [5, 5.41) is 14.5. The molecule has 0 radical (unpaired) electrons. The number of Topliss-reactive ketones (excluding diaryl/α,β-unsaturated/α-hetero) is 1. The zero-order valence-corrected chi connectivity index (χ0v) is 24.4.